The molecule has 2 aromatic carbocycles. The highest BCUT2D eigenvalue weighted by molar-refractivity contribution is 9.10. The van der Waals surface area contributed by atoms with Gasteiger partial charge in [-0.1, -0.05) is 29.8 Å². The molecule has 0 bridgehead atoms. The lowest BCUT2D eigenvalue weighted by Crippen LogP contribution is -2.34. The van der Waals surface area contributed by atoms with E-state index in [9.17, 15) is 19.3 Å². The number of halogens is 2. The van der Waals surface area contributed by atoms with Crippen LogP contribution < -0.4 is 15.4 Å². The Bertz CT molecular complexity index is 940. The molecule has 10 heteroatoms. The first kappa shape index (κ1) is 22.7. The fraction of sp³-hybridized carbons (Fsp3) is 0.263. The van der Waals surface area contributed by atoms with Gasteiger partial charge < -0.3 is 10.1 Å². The molecule has 0 saturated heterocycles. The molecule has 7 nitrogen and oxygen atoms in total. The molecule has 0 atom stereocenters. The number of benzene rings is 2. The first-order chi connectivity index (χ1) is 13.7. The summed E-state index contributed by atoms with van der Waals surface area (Å²) in [5, 5.41) is 15.5. The molecule has 0 aliphatic carbocycles. The zero-order valence-electron chi connectivity index (χ0n) is 15.7. The van der Waals surface area contributed by atoms with Crippen LogP contribution in [0.2, 0.25) is 0 Å². The fourth-order valence-corrected chi connectivity index (χ4v) is 2.82. The van der Waals surface area contributed by atoms with E-state index in [2.05, 4.69) is 40.4 Å². The first-order valence-electron chi connectivity index (χ1n) is 8.66. The molecular formula is C19H19BrFN3O4S. The standard InChI is InChI=1S/C19H19BrFN3O4S/c1-11(2)7-8-28-17-6-3-12(20)9-14(17)18(25)23-19(29)22-16-10-13(24(26)27)4-5-15(16)21/h3-6,9-11H,7-8H2,1-2H3,(H2,22,23,25,29). The van der Waals surface area contributed by atoms with Gasteiger partial charge in [-0.3, -0.25) is 20.2 Å². The number of non-ortho nitro benzene ring substituents is 1. The number of nitro groups is 1. The van der Waals surface area contributed by atoms with E-state index in [1.807, 2.05) is 0 Å². The van der Waals surface area contributed by atoms with Gasteiger partial charge in [-0.15, -0.1) is 0 Å². The number of ether oxygens (including phenoxy) is 1. The number of nitrogens with one attached hydrogen (secondary N) is 2. The van der Waals surface area contributed by atoms with Gasteiger partial charge >= 0.3 is 0 Å². The Labute approximate surface area is 180 Å². The van der Waals surface area contributed by atoms with Crippen molar-refractivity contribution in [3.05, 3.63) is 62.4 Å². The van der Waals surface area contributed by atoms with Crippen LogP contribution in [0, 0.1) is 21.8 Å². The molecule has 2 N–H and O–H groups in total. The smallest absolute Gasteiger partial charge is 0.271 e. The summed E-state index contributed by atoms with van der Waals surface area (Å²) >= 11 is 8.36. The summed E-state index contributed by atoms with van der Waals surface area (Å²) in [4.78, 5) is 22.8. The monoisotopic (exact) mass is 483 g/mol. The minimum absolute atomic E-state index is 0.206. The van der Waals surface area contributed by atoms with Crippen molar-refractivity contribution >= 4 is 50.5 Å². The van der Waals surface area contributed by atoms with Crippen LogP contribution in [0.15, 0.2) is 40.9 Å². The third-order valence-corrected chi connectivity index (χ3v) is 4.47. The van der Waals surface area contributed by atoms with Crippen LogP contribution in [0.25, 0.3) is 0 Å². The molecule has 0 radical (unpaired) electrons. The van der Waals surface area contributed by atoms with Crippen molar-refractivity contribution in [3.63, 3.8) is 0 Å². The molecule has 0 aliphatic rings. The van der Waals surface area contributed by atoms with Crippen molar-refractivity contribution in [1.82, 2.24) is 5.32 Å². The molecule has 0 heterocycles. The van der Waals surface area contributed by atoms with Crippen LogP contribution in [-0.4, -0.2) is 22.5 Å². The Balaban J connectivity index is 2.11. The predicted octanol–water partition coefficient (Wildman–Crippen LogP) is 5.05. The number of hydrogen-bond acceptors (Lipinski definition) is 5. The van der Waals surface area contributed by atoms with Gasteiger partial charge in [0.25, 0.3) is 11.6 Å². The Morgan fingerprint density at radius 2 is 2.03 bits per heavy atom. The third-order valence-electron chi connectivity index (χ3n) is 3.78. The van der Waals surface area contributed by atoms with Gasteiger partial charge in [0, 0.05) is 16.6 Å². The van der Waals surface area contributed by atoms with Crippen molar-refractivity contribution in [1.29, 1.82) is 0 Å². The minimum Gasteiger partial charge on any atom is -0.493 e. The summed E-state index contributed by atoms with van der Waals surface area (Å²) in [6.07, 6.45) is 0.823. The summed E-state index contributed by atoms with van der Waals surface area (Å²) < 4.78 is 20.3. The highest BCUT2D eigenvalue weighted by Crippen LogP contribution is 2.24. The predicted molar refractivity (Wildman–Crippen MR) is 116 cm³/mol. The molecule has 2 aromatic rings. The summed E-state index contributed by atoms with van der Waals surface area (Å²) in [5.41, 5.74) is -0.283. The first-order valence-corrected chi connectivity index (χ1v) is 9.86. The van der Waals surface area contributed by atoms with Crippen LogP contribution in [0.3, 0.4) is 0 Å². The number of nitro benzene ring substituents is 1. The zero-order valence-corrected chi connectivity index (χ0v) is 18.1. The van der Waals surface area contributed by atoms with Crippen molar-refractivity contribution in [3.8, 4) is 5.75 Å². The van der Waals surface area contributed by atoms with Gasteiger partial charge in [0.05, 0.1) is 22.8 Å². The molecule has 2 rings (SSSR count). The van der Waals surface area contributed by atoms with E-state index in [0.717, 1.165) is 24.6 Å². The Morgan fingerprint density at radius 1 is 1.31 bits per heavy atom. The number of hydrogen-bond donors (Lipinski definition) is 2. The van der Waals surface area contributed by atoms with Gasteiger partial charge in [-0.2, -0.15) is 0 Å². The molecule has 154 valence electrons. The molecular weight excluding hydrogens is 465 g/mol. The quantitative estimate of drug-likeness (QED) is 0.325. The molecule has 0 fully saturated rings. The largest absolute Gasteiger partial charge is 0.493 e. The van der Waals surface area contributed by atoms with E-state index in [0.29, 0.717) is 22.7 Å². The third kappa shape index (κ3) is 6.75. The fourth-order valence-electron chi connectivity index (χ4n) is 2.26. The molecule has 0 saturated carbocycles. The second-order valence-electron chi connectivity index (χ2n) is 6.50. The molecule has 0 aromatic heterocycles. The van der Waals surface area contributed by atoms with E-state index in [4.69, 9.17) is 17.0 Å². The number of amides is 1. The van der Waals surface area contributed by atoms with Crippen LogP contribution >= 0.6 is 28.1 Å². The van der Waals surface area contributed by atoms with Crippen molar-refractivity contribution < 1.29 is 18.8 Å². The lowest BCUT2D eigenvalue weighted by atomic mass is 10.1. The Morgan fingerprint density at radius 3 is 2.69 bits per heavy atom. The summed E-state index contributed by atoms with van der Waals surface area (Å²) in [6, 6.07) is 7.96. The van der Waals surface area contributed by atoms with Crippen LogP contribution in [0.1, 0.15) is 30.6 Å². The molecule has 29 heavy (non-hydrogen) atoms. The number of carbonyl (C=O) groups is 1. The van der Waals surface area contributed by atoms with E-state index in [1.165, 1.54) is 0 Å². The SMILES string of the molecule is CC(C)CCOc1ccc(Br)cc1C(=O)NC(=S)Nc1cc([N+](=O)[O-])ccc1F. The van der Waals surface area contributed by atoms with E-state index < -0.39 is 16.6 Å². The van der Waals surface area contributed by atoms with Crippen LogP contribution in [0.5, 0.6) is 5.75 Å². The average molecular weight is 484 g/mol. The van der Waals surface area contributed by atoms with E-state index >= 15 is 0 Å². The maximum atomic E-state index is 13.9. The second kappa shape index (κ2) is 10.3. The van der Waals surface area contributed by atoms with Gasteiger partial charge in [-0.25, -0.2) is 4.39 Å². The number of rotatable bonds is 7. The van der Waals surface area contributed by atoms with E-state index in [-0.39, 0.29) is 22.1 Å². The molecule has 1 amide bonds. The summed E-state index contributed by atoms with van der Waals surface area (Å²) in [7, 11) is 0. The second-order valence-corrected chi connectivity index (χ2v) is 7.82. The molecule has 0 unspecified atom stereocenters. The Hall–Kier alpha value is -2.59. The molecule has 0 aliphatic heterocycles. The van der Waals surface area contributed by atoms with Crippen molar-refractivity contribution in [2.45, 2.75) is 20.3 Å². The molecule has 0 spiro atoms. The van der Waals surface area contributed by atoms with Gasteiger partial charge in [0.15, 0.2) is 5.11 Å². The topological polar surface area (TPSA) is 93.5 Å². The van der Waals surface area contributed by atoms with Crippen molar-refractivity contribution in [2.75, 3.05) is 11.9 Å². The number of nitrogens with zero attached hydrogens (tertiary/aromatic N) is 1. The van der Waals surface area contributed by atoms with Gasteiger partial charge in [-0.05, 0) is 48.8 Å². The van der Waals surface area contributed by atoms with Crippen LogP contribution in [-0.2, 0) is 0 Å². The lowest BCUT2D eigenvalue weighted by molar-refractivity contribution is -0.384. The highest BCUT2D eigenvalue weighted by Gasteiger charge is 2.17. The normalized spacial score (nSPS) is 10.5. The summed E-state index contributed by atoms with van der Waals surface area (Å²) in [6.45, 7) is 4.58. The van der Waals surface area contributed by atoms with Gasteiger partial charge in [0.1, 0.15) is 11.6 Å². The summed E-state index contributed by atoms with van der Waals surface area (Å²) in [5.74, 6) is -0.471. The number of carbonyl (C=O) groups excluding carboxylic acids is 1. The van der Waals surface area contributed by atoms with E-state index in [1.54, 1.807) is 18.2 Å². The average Bonchev–Trinajstić information content (AvgIpc) is 2.64. The maximum absolute atomic E-state index is 13.9. The lowest BCUT2D eigenvalue weighted by Gasteiger charge is -2.14. The maximum Gasteiger partial charge on any atom is 0.271 e. The highest BCUT2D eigenvalue weighted by atomic mass is 79.9. The Kier molecular flexibility index (Phi) is 8.03. The number of thiocarbonyl (C=S) groups is 1. The van der Waals surface area contributed by atoms with Crippen LogP contribution in [0.4, 0.5) is 15.8 Å². The van der Waals surface area contributed by atoms with Crippen molar-refractivity contribution in [2.24, 2.45) is 5.92 Å². The minimum atomic E-state index is -0.743. The van der Waals surface area contributed by atoms with Gasteiger partial charge in [0.2, 0.25) is 0 Å². The number of anilines is 1. The zero-order chi connectivity index (χ0) is 21.6.